The van der Waals surface area contributed by atoms with Crippen molar-refractivity contribution in [3.63, 3.8) is 0 Å². The fourth-order valence-corrected chi connectivity index (χ4v) is 2.13. The van der Waals surface area contributed by atoms with Crippen LogP contribution < -0.4 is 5.32 Å². The Morgan fingerprint density at radius 1 is 1.14 bits per heavy atom. The summed E-state index contributed by atoms with van der Waals surface area (Å²) in [6.45, 7) is -0.0162. The number of nitro benzene ring substituents is 1. The lowest BCUT2D eigenvalue weighted by Gasteiger charge is -2.06. The van der Waals surface area contributed by atoms with Crippen LogP contribution in [-0.2, 0) is 8.98 Å². The Morgan fingerprint density at radius 2 is 1.81 bits per heavy atom. The summed E-state index contributed by atoms with van der Waals surface area (Å²) in [7, 11) is 0. The standard InChI is InChI=1S/C14H12N2O4S/c17-14(10-15-11-6-2-1-3-7-11)20-21-13-9-5-4-8-12(13)16(18)19/h1-9,15H,10H2. The van der Waals surface area contributed by atoms with Gasteiger partial charge in [0, 0.05) is 11.8 Å². The van der Waals surface area contributed by atoms with E-state index < -0.39 is 10.9 Å². The predicted octanol–water partition coefficient (Wildman–Crippen LogP) is 3.26. The highest BCUT2D eigenvalue weighted by Crippen LogP contribution is 2.29. The SMILES string of the molecule is O=C(CNc1ccccc1)OSc1ccccc1[N+](=O)[O-]. The minimum absolute atomic E-state index is 0.0162. The number of nitrogens with one attached hydrogen (secondary N) is 1. The molecule has 0 unspecified atom stereocenters. The van der Waals surface area contributed by atoms with Crippen LogP contribution in [0.2, 0.25) is 0 Å². The summed E-state index contributed by atoms with van der Waals surface area (Å²) in [5.74, 6) is -0.512. The molecule has 0 aliphatic rings. The van der Waals surface area contributed by atoms with Gasteiger partial charge in [0.15, 0.2) is 0 Å². The van der Waals surface area contributed by atoms with Crippen LogP contribution in [0.5, 0.6) is 0 Å². The summed E-state index contributed by atoms with van der Waals surface area (Å²) in [6.07, 6.45) is 0. The van der Waals surface area contributed by atoms with Gasteiger partial charge in [-0.15, -0.1) is 0 Å². The number of rotatable bonds is 6. The van der Waals surface area contributed by atoms with Gasteiger partial charge in [0.2, 0.25) is 0 Å². The van der Waals surface area contributed by atoms with E-state index in [1.807, 2.05) is 30.3 Å². The molecule has 0 saturated heterocycles. The number of benzene rings is 2. The Labute approximate surface area is 125 Å². The van der Waals surface area contributed by atoms with E-state index in [4.69, 9.17) is 4.18 Å². The van der Waals surface area contributed by atoms with Crippen molar-refractivity contribution in [1.29, 1.82) is 0 Å². The summed E-state index contributed by atoms with van der Waals surface area (Å²) >= 11 is 0.687. The molecule has 0 aromatic heterocycles. The van der Waals surface area contributed by atoms with Gasteiger partial charge in [-0.3, -0.25) is 10.1 Å². The minimum Gasteiger partial charge on any atom is -0.384 e. The van der Waals surface area contributed by atoms with Crippen LogP contribution in [0.1, 0.15) is 0 Å². The molecule has 6 nitrogen and oxygen atoms in total. The second-order valence-electron chi connectivity index (χ2n) is 3.98. The van der Waals surface area contributed by atoms with Gasteiger partial charge in [-0.1, -0.05) is 30.3 Å². The summed E-state index contributed by atoms with van der Waals surface area (Å²) in [4.78, 5) is 22.2. The first kappa shape index (κ1) is 14.9. The molecule has 0 atom stereocenters. The average molecular weight is 304 g/mol. The molecule has 1 N–H and O–H groups in total. The molecular formula is C14H12N2O4S. The highest BCUT2D eigenvalue weighted by molar-refractivity contribution is 7.95. The highest BCUT2D eigenvalue weighted by atomic mass is 32.2. The Balaban J connectivity index is 1.86. The quantitative estimate of drug-likeness (QED) is 0.501. The van der Waals surface area contributed by atoms with Crippen molar-refractivity contribution in [3.8, 4) is 0 Å². The molecule has 0 spiro atoms. The molecule has 21 heavy (non-hydrogen) atoms. The molecule has 0 bridgehead atoms. The molecule has 2 rings (SSSR count). The number of nitrogens with zero attached hydrogens (tertiary/aromatic N) is 1. The molecule has 0 saturated carbocycles. The van der Waals surface area contributed by atoms with Gasteiger partial charge in [0.1, 0.15) is 23.5 Å². The van der Waals surface area contributed by atoms with E-state index in [0.717, 1.165) is 5.69 Å². The zero-order valence-corrected chi connectivity index (χ0v) is 11.7. The van der Waals surface area contributed by atoms with Crippen LogP contribution in [0.3, 0.4) is 0 Å². The lowest BCUT2D eigenvalue weighted by molar-refractivity contribution is -0.387. The highest BCUT2D eigenvalue weighted by Gasteiger charge is 2.15. The van der Waals surface area contributed by atoms with E-state index in [2.05, 4.69) is 5.32 Å². The molecule has 0 amide bonds. The molecular weight excluding hydrogens is 292 g/mol. The van der Waals surface area contributed by atoms with Crippen molar-refractivity contribution < 1.29 is 13.9 Å². The van der Waals surface area contributed by atoms with Gasteiger partial charge in [-0.2, -0.15) is 0 Å². The van der Waals surface area contributed by atoms with Gasteiger partial charge in [0.25, 0.3) is 5.69 Å². The van der Waals surface area contributed by atoms with Crippen molar-refractivity contribution in [1.82, 2.24) is 0 Å². The minimum atomic E-state index is -0.515. The molecule has 108 valence electrons. The number of anilines is 1. The maximum atomic E-state index is 11.6. The maximum absolute atomic E-state index is 11.6. The van der Waals surface area contributed by atoms with Crippen molar-refractivity contribution in [2.24, 2.45) is 0 Å². The zero-order valence-electron chi connectivity index (χ0n) is 10.9. The first-order chi connectivity index (χ1) is 10.2. The van der Waals surface area contributed by atoms with Gasteiger partial charge < -0.3 is 9.50 Å². The normalized spacial score (nSPS) is 9.90. The van der Waals surface area contributed by atoms with E-state index in [1.165, 1.54) is 12.1 Å². The summed E-state index contributed by atoms with van der Waals surface area (Å²) in [6, 6.07) is 15.3. The third-order valence-electron chi connectivity index (χ3n) is 2.50. The van der Waals surface area contributed by atoms with E-state index in [1.54, 1.807) is 12.1 Å². The van der Waals surface area contributed by atoms with Crippen molar-refractivity contribution in [2.75, 3.05) is 11.9 Å². The van der Waals surface area contributed by atoms with Gasteiger partial charge in [-0.25, -0.2) is 4.79 Å². The second-order valence-corrected chi connectivity index (χ2v) is 4.76. The smallest absolute Gasteiger partial charge is 0.337 e. The lowest BCUT2D eigenvalue weighted by Crippen LogP contribution is -2.14. The van der Waals surface area contributed by atoms with Crippen LogP contribution in [0.4, 0.5) is 11.4 Å². The number of hydrogen-bond donors (Lipinski definition) is 1. The Bertz CT molecular complexity index is 634. The Kier molecular flexibility index (Phi) is 5.16. The lowest BCUT2D eigenvalue weighted by atomic mass is 10.3. The number of nitro groups is 1. The molecule has 2 aromatic rings. The van der Waals surface area contributed by atoms with Crippen LogP contribution in [0.15, 0.2) is 59.5 Å². The van der Waals surface area contributed by atoms with Gasteiger partial charge in [0.05, 0.1) is 4.92 Å². The molecule has 0 fully saturated rings. The van der Waals surface area contributed by atoms with E-state index in [0.29, 0.717) is 12.0 Å². The first-order valence-electron chi connectivity index (χ1n) is 6.06. The fourth-order valence-electron chi connectivity index (χ4n) is 1.53. The number of carbonyl (C=O) groups excluding carboxylic acids is 1. The van der Waals surface area contributed by atoms with Crippen LogP contribution >= 0.6 is 12.0 Å². The van der Waals surface area contributed by atoms with Crippen LogP contribution in [0.25, 0.3) is 0 Å². The fraction of sp³-hybridized carbons (Fsp3) is 0.0714. The Morgan fingerprint density at radius 3 is 2.52 bits per heavy atom. The van der Waals surface area contributed by atoms with Crippen molar-refractivity contribution >= 4 is 29.4 Å². The van der Waals surface area contributed by atoms with Crippen LogP contribution in [-0.4, -0.2) is 17.4 Å². The van der Waals surface area contributed by atoms with Crippen LogP contribution in [0, 0.1) is 10.1 Å². The topological polar surface area (TPSA) is 81.5 Å². The maximum Gasteiger partial charge on any atom is 0.337 e. The number of carbonyl (C=O) groups is 1. The van der Waals surface area contributed by atoms with Crippen molar-refractivity contribution in [3.05, 3.63) is 64.7 Å². The number of hydrogen-bond acceptors (Lipinski definition) is 6. The average Bonchev–Trinajstić information content (AvgIpc) is 2.52. The number of para-hydroxylation sites is 2. The molecule has 0 aliphatic carbocycles. The zero-order chi connectivity index (χ0) is 15.1. The molecule has 0 radical (unpaired) electrons. The monoisotopic (exact) mass is 304 g/mol. The first-order valence-corrected chi connectivity index (χ1v) is 6.80. The van der Waals surface area contributed by atoms with Crippen molar-refractivity contribution in [2.45, 2.75) is 4.90 Å². The largest absolute Gasteiger partial charge is 0.384 e. The van der Waals surface area contributed by atoms with Gasteiger partial charge >= 0.3 is 5.97 Å². The Hall–Kier alpha value is -2.54. The van der Waals surface area contributed by atoms with Gasteiger partial charge in [-0.05, 0) is 18.2 Å². The molecule has 0 heterocycles. The van der Waals surface area contributed by atoms with E-state index >= 15 is 0 Å². The summed E-state index contributed by atoms with van der Waals surface area (Å²) in [5, 5.41) is 13.7. The van der Waals surface area contributed by atoms with E-state index in [9.17, 15) is 14.9 Å². The second kappa shape index (κ2) is 7.30. The third kappa shape index (κ3) is 4.50. The van der Waals surface area contributed by atoms with E-state index in [-0.39, 0.29) is 17.1 Å². The summed E-state index contributed by atoms with van der Waals surface area (Å²) in [5.41, 5.74) is 0.705. The third-order valence-corrected chi connectivity index (χ3v) is 3.29. The molecule has 2 aromatic carbocycles. The predicted molar refractivity (Wildman–Crippen MR) is 80.0 cm³/mol. The molecule has 0 aliphatic heterocycles. The molecule has 7 heteroatoms. The summed E-state index contributed by atoms with van der Waals surface area (Å²) < 4.78 is 4.95.